The molecule has 0 fully saturated rings. The monoisotopic (exact) mass is 252 g/mol. The Hall–Kier alpha value is -0.170. The molecule has 0 aromatic carbocycles. The molecule has 16 heavy (non-hydrogen) atoms. The van der Waals surface area contributed by atoms with Crippen molar-refractivity contribution in [3.8, 4) is 0 Å². The molecule has 0 aliphatic rings. The quantitative estimate of drug-likeness (QED) is 0.635. The maximum absolute atomic E-state index is 11.8. The number of nitrogens with zero attached hydrogens (tertiary/aromatic N) is 1. The number of hydrogen-bond acceptors (Lipinski definition) is 3. The number of aliphatic hydroxyl groups is 1. The Morgan fingerprint density at radius 2 is 2.00 bits per heavy atom. The average molecular weight is 252 g/mol. The van der Waals surface area contributed by atoms with Crippen molar-refractivity contribution in [2.75, 3.05) is 20.2 Å². The predicted octanol–water partition coefficient (Wildman–Crippen LogP) is 0.714. The summed E-state index contributed by atoms with van der Waals surface area (Å²) in [6, 6.07) is -0.181. The van der Waals surface area contributed by atoms with Crippen LogP contribution in [0.25, 0.3) is 0 Å². The van der Waals surface area contributed by atoms with Gasteiger partial charge in [-0.05, 0) is 19.3 Å². The van der Waals surface area contributed by atoms with Crippen LogP contribution < -0.4 is 4.72 Å². The molecule has 5 nitrogen and oxygen atoms in total. The molecule has 6 heteroatoms. The molecule has 0 aromatic rings. The van der Waals surface area contributed by atoms with Gasteiger partial charge in [-0.2, -0.15) is 17.4 Å². The smallest absolute Gasteiger partial charge is 0.279 e. The fraction of sp³-hybridized carbons (Fsp3) is 1.00. The van der Waals surface area contributed by atoms with Crippen molar-refractivity contribution in [3.05, 3.63) is 0 Å². The van der Waals surface area contributed by atoms with Crippen LogP contribution in [-0.4, -0.2) is 44.1 Å². The summed E-state index contributed by atoms with van der Waals surface area (Å²) >= 11 is 0. The Morgan fingerprint density at radius 1 is 1.38 bits per heavy atom. The number of nitrogens with one attached hydrogen (secondary N) is 1. The lowest BCUT2D eigenvalue weighted by Crippen LogP contribution is -2.44. The van der Waals surface area contributed by atoms with Gasteiger partial charge in [-0.25, -0.2) is 0 Å². The van der Waals surface area contributed by atoms with E-state index in [1.165, 1.54) is 4.31 Å². The zero-order valence-electron chi connectivity index (χ0n) is 10.4. The van der Waals surface area contributed by atoms with Crippen molar-refractivity contribution < 1.29 is 13.5 Å². The highest BCUT2D eigenvalue weighted by atomic mass is 32.2. The minimum atomic E-state index is -3.39. The van der Waals surface area contributed by atoms with Crippen LogP contribution in [0.4, 0.5) is 0 Å². The first-order chi connectivity index (χ1) is 7.47. The second kappa shape index (κ2) is 8.00. The van der Waals surface area contributed by atoms with E-state index in [4.69, 9.17) is 5.11 Å². The topological polar surface area (TPSA) is 69.6 Å². The second-order valence-electron chi connectivity index (χ2n) is 3.92. The molecule has 0 saturated heterocycles. The van der Waals surface area contributed by atoms with Crippen LogP contribution in [-0.2, 0) is 10.2 Å². The van der Waals surface area contributed by atoms with Gasteiger partial charge in [0.2, 0.25) is 0 Å². The lowest BCUT2D eigenvalue weighted by molar-refractivity contribution is 0.269. The first-order valence-corrected chi connectivity index (χ1v) is 7.26. The zero-order valence-corrected chi connectivity index (χ0v) is 11.3. The highest BCUT2D eigenvalue weighted by molar-refractivity contribution is 7.87. The van der Waals surface area contributed by atoms with Gasteiger partial charge in [0.25, 0.3) is 10.2 Å². The van der Waals surface area contributed by atoms with E-state index in [9.17, 15) is 8.42 Å². The molecular weight excluding hydrogens is 228 g/mol. The first-order valence-electron chi connectivity index (χ1n) is 5.82. The highest BCUT2D eigenvalue weighted by Gasteiger charge is 2.20. The van der Waals surface area contributed by atoms with Crippen molar-refractivity contribution in [2.45, 2.75) is 45.6 Å². The number of unbranched alkanes of at least 4 members (excludes halogenated alkanes) is 1. The van der Waals surface area contributed by atoms with Crippen molar-refractivity contribution in [3.63, 3.8) is 0 Å². The highest BCUT2D eigenvalue weighted by Crippen LogP contribution is 2.03. The Morgan fingerprint density at radius 3 is 2.44 bits per heavy atom. The Kier molecular flexibility index (Phi) is 7.91. The van der Waals surface area contributed by atoms with E-state index >= 15 is 0 Å². The van der Waals surface area contributed by atoms with E-state index in [1.54, 1.807) is 7.05 Å². The van der Waals surface area contributed by atoms with Crippen molar-refractivity contribution in [1.82, 2.24) is 9.03 Å². The van der Waals surface area contributed by atoms with Gasteiger partial charge in [0.05, 0.1) is 0 Å². The third-order valence-corrected chi connectivity index (χ3v) is 4.16. The molecule has 1 atom stereocenters. The molecule has 0 radical (unpaired) electrons. The van der Waals surface area contributed by atoms with Gasteiger partial charge >= 0.3 is 0 Å². The summed E-state index contributed by atoms with van der Waals surface area (Å²) in [6.07, 6.45) is 2.96. The molecule has 0 heterocycles. The van der Waals surface area contributed by atoms with Crippen LogP contribution in [0.5, 0.6) is 0 Å². The lowest BCUT2D eigenvalue weighted by Gasteiger charge is -2.22. The third-order valence-electron chi connectivity index (χ3n) is 2.52. The van der Waals surface area contributed by atoms with E-state index in [0.29, 0.717) is 19.4 Å². The van der Waals surface area contributed by atoms with Gasteiger partial charge in [0, 0.05) is 26.2 Å². The Balaban J connectivity index is 4.30. The average Bonchev–Trinajstić information content (AvgIpc) is 2.24. The van der Waals surface area contributed by atoms with Crippen LogP contribution in [0, 0.1) is 0 Å². The van der Waals surface area contributed by atoms with Crippen molar-refractivity contribution in [2.24, 2.45) is 0 Å². The molecule has 0 aromatic heterocycles. The molecule has 1 unspecified atom stereocenters. The Bertz CT molecular complexity index is 267. The SMILES string of the molecule is CCCCN(C)S(=O)(=O)NC(CC)CCO. The van der Waals surface area contributed by atoms with E-state index in [2.05, 4.69) is 4.72 Å². The Labute approximate surface area is 99.0 Å². The number of aliphatic hydroxyl groups excluding tert-OH is 1. The minimum Gasteiger partial charge on any atom is -0.396 e. The zero-order chi connectivity index (χ0) is 12.6. The predicted molar refractivity (Wildman–Crippen MR) is 65.4 cm³/mol. The van der Waals surface area contributed by atoms with Crippen LogP contribution in [0.2, 0.25) is 0 Å². The molecular formula is C10H24N2O3S. The summed E-state index contributed by atoms with van der Waals surface area (Å²) in [5.41, 5.74) is 0. The van der Waals surface area contributed by atoms with Crippen molar-refractivity contribution >= 4 is 10.2 Å². The van der Waals surface area contributed by atoms with E-state index in [1.807, 2.05) is 13.8 Å². The van der Waals surface area contributed by atoms with Gasteiger partial charge in [-0.15, -0.1) is 0 Å². The lowest BCUT2D eigenvalue weighted by atomic mass is 10.2. The minimum absolute atomic E-state index is 0.000297. The maximum Gasteiger partial charge on any atom is 0.279 e. The normalized spacial score (nSPS) is 14.3. The number of hydrogen-bond donors (Lipinski definition) is 2. The molecule has 0 aliphatic heterocycles. The van der Waals surface area contributed by atoms with E-state index in [0.717, 1.165) is 12.8 Å². The van der Waals surface area contributed by atoms with Crippen LogP contribution in [0.3, 0.4) is 0 Å². The fourth-order valence-electron chi connectivity index (χ4n) is 1.30. The van der Waals surface area contributed by atoms with Crippen LogP contribution in [0.15, 0.2) is 0 Å². The molecule has 0 saturated carbocycles. The summed E-state index contributed by atoms with van der Waals surface area (Å²) in [5, 5.41) is 8.80. The fourth-order valence-corrected chi connectivity index (χ4v) is 2.56. The summed E-state index contributed by atoms with van der Waals surface area (Å²) in [6.45, 7) is 4.45. The standard InChI is InChI=1S/C10H24N2O3S/c1-4-6-8-12(3)16(14,15)11-10(5-2)7-9-13/h10-11,13H,4-9H2,1-3H3. The number of rotatable bonds is 9. The van der Waals surface area contributed by atoms with E-state index < -0.39 is 10.2 Å². The summed E-state index contributed by atoms with van der Waals surface area (Å²) in [7, 11) is -1.82. The second-order valence-corrected chi connectivity index (χ2v) is 5.72. The molecule has 0 bridgehead atoms. The molecule has 0 spiro atoms. The van der Waals surface area contributed by atoms with Crippen LogP contribution >= 0.6 is 0 Å². The summed E-state index contributed by atoms with van der Waals surface area (Å²) < 4.78 is 27.5. The van der Waals surface area contributed by atoms with Gasteiger partial charge in [-0.3, -0.25) is 0 Å². The van der Waals surface area contributed by atoms with Gasteiger partial charge < -0.3 is 5.11 Å². The molecule has 0 rings (SSSR count). The molecule has 2 N–H and O–H groups in total. The summed E-state index contributed by atoms with van der Waals surface area (Å²) in [5.74, 6) is 0. The van der Waals surface area contributed by atoms with Crippen LogP contribution in [0.1, 0.15) is 39.5 Å². The third kappa shape index (κ3) is 5.79. The van der Waals surface area contributed by atoms with E-state index in [-0.39, 0.29) is 12.6 Å². The first kappa shape index (κ1) is 15.8. The maximum atomic E-state index is 11.8. The molecule has 98 valence electrons. The van der Waals surface area contributed by atoms with Gasteiger partial charge in [0.15, 0.2) is 0 Å². The largest absolute Gasteiger partial charge is 0.396 e. The molecule has 0 aliphatic carbocycles. The van der Waals surface area contributed by atoms with Gasteiger partial charge in [-0.1, -0.05) is 20.3 Å². The van der Waals surface area contributed by atoms with Gasteiger partial charge in [0.1, 0.15) is 0 Å². The summed E-state index contributed by atoms with van der Waals surface area (Å²) in [4.78, 5) is 0. The van der Waals surface area contributed by atoms with Crippen molar-refractivity contribution in [1.29, 1.82) is 0 Å². The molecule has 0 amide bonds.